The first kappa shape index (κ1) is 25.4. The summed E-state index contributed by atoms with van der Waals surface area (Å²) in [6.07, 6.45) is -4.63. The van der Waals surface area contributed by atoms with Crippen LogP contribution < -0.4 is 4.74 Å². The zero-order valence-electron chi connectivity index (χ0n) is 18.5. The Balaban J connectivity index is 2.10. The highest BCUT2D eigenvalue weighted by molar-refractivity contribution is 6.44. The summed E-state index contributed by atoms with van der Waals surface area (Å²) in [5.41, 5.74) is -1.52. The Morgan fingerprint density at radius 2 is 1.82 bits per heavy atom. The lowest BCUT2D eigenvalue weighted by atomic mass is 9.85. The molecule has 1 amide bonds. The molecule has 0 bridgehead atoms. The van der Waals surface area contributed by atoms with Crippen LogP contribution in [0.4, 0.5) is 17.6 Å². The van der Waals surface area contributed by atoms with Crippen molar-refractivity contribution in [3.8, 4) is 5.75 Å². The minimum absolute atomic E-state index is 0.0113. The predicted octanol–water partition coefficient (Wildman–Crippen LogP) is 4.23. The van der Waals surface area contributed by atoms with E-state index in [0.29, 0.717) is 18.6 Å². The van der Waals surface area contributed by atoms with Gasteiger partial charge in [0.25, 0.3) is 5.91 Å². The largest absolute Gasteiger partial charge is 0.493 e. The maximum atomic E-state index is 14.4. The molecule has 34 heavy (non-hydrogen) atoms. The SMILES string of the molecule is CCOc1ccccc1C(=O)C1C(=O)C(=O)N(CCCOC)C1c1ccc(C(F)(F)F)c(F)c1. The van der Waals surface area contributed by atoms with Crippen molar-refractivity contribution in [3.63, 3.8) is 0 Å². The first-order valence-electron chi connectivity index (χ1n) is 10.6. The number of carbonyl (C=O) groups excluding carboxylic acids is 3. The number of alkyl halides is 3. The van der Waals surface area contributed by atoms with Crippen LogP contribution in [0.3, 0.4) is 0 Å². The Kier molecular flexibility index (Phi) is 7.71. The summed E-state index contributed by atoms with van der Waals surface area (Å²) >= 11 is 0. The molecule has 0 radical (unpaired) electrons. The van der Waals surface area contributed by atoms with Crippen molar-refractivity contribution in [1.29, 1.82) is 0 Å². The fraction of sp³-hybridized carbons (Fsp3) is 0.375. The van der Waals surface area contributed by atoms with Crippen LogP contribution in [0.5, 0.6) is 5.75 Å². The fourth-order valence-electron chi connectivity index (χ4n) is 4.04. The van der Waals surface area contributed by atoms with Crippen LogP contribution in [0.25, 0.3) is 0 Å². The second kappa shape index (κ2) is 10.3. The van der Waals surface area contributed by atoms with Gasteiger partial charge in [-0.2, -0.15) is 13.2 Å². The number of Topliss-reactive ketones (excluding diaryl/α,β-unsaturated/α-hetero) is 2. The average molecular weight is 481 g/mol. The van der Waals surface area contributed by atoms with E-state index in [9.17, 15) is 31.9 Å². The van der Waals surface area contributed by atoms with Crippen molar-refractivity contribution in [2.45, 2.75) is 25.6 Å². The Morgan fingerprint density at radius 1 is 1.12 bits per heavy atom. The normalized spacial score (nSPS) is 18.5. The molecule has 0 saturated carbocycles. The molecule has 3 rings (SSSR count). The molecule has 0 N–H and O–H groups in total. The highest BCUT2D eigenvalue weighted by atomic mass is 19.4. The summed E-state index contributed by atoms with van der Waals surface area (Å²) in [5.74, 6) is -5.65. The molecule has 1 heterocycles. The summed E-state index contributed by atoms with van der Waals surface area (Å²) in [4.78, 5) is 40.4. The summed E-state index contributed by atoms with van der Waals surface area (Å²) in [6, 6.07) is 7.02. The minimum atomic E-state index is -4.92. The first-order chi connectivity index (χ1) is 16.1. The topological polar surface area (TPSA) is 72.9 Å². The van der Waals surface area contributed by atoms with E-state index in [4.69, 9.17) is 9.47 Å². The third kappa shape index (κ3) is 4.96. The summed E-state index contributed by atoms with van der Waals surface area (Å²) in [6.45, 7) is 2.16. The van der Waals surface area contributed by atoms with E-state index in [1.165, 1.54) is 19.2 Å². The van der Waals surface area contributed by atoms with Crippen molar-refractivity contribution in [3.05, 3.63) is 65.0 Å². The van der Waals surface area contributed by atoms with Gasteiger partial charge in [-0.1, -0.05) is 18.2 Å². The Bertz CT molecular complexity index is 1090. The average Bonchev–Trinajstić information content (AvgIpc) is 3.03. The van der Waals surface area contributed by atoms with Crippen LogP contribution in [0.2, 0.25) is 0 Å². The highest BCUT2D eigenvalue weighted by Crippen LogP contribution is 2.41. The number of ketones is 2. The number of likely N-dealkylation sites (tertiary alicyclic amines) is 1. The zero-order valence-corrected chi connectivity index (χ0v) is 18.5. The van der Waals surface area contributed by atoms with Crippen LogP contribution in [0, 0.1) is 11.7 Å². The van der Waals surface area contributed by atoms with E-state index in [1.807, 2.05) is 0 Å². The van der Waals surface area contributed by atoms with Gasteiger partial charge in [-0.3, -0.25) is 14.4 Å². The number of benzene rings is 2. The minimum Gasteiger partial charge on any atom is -0.493 e. The smallest absolute Gasteiger partial charge is 0.419 e. The van der Waals surface area contributed by atoms with E-state index >= 15 is 0 Å². The first-order valence-corrected chi connectivity index (χ1v) is 10.6. The number of para-hydroxylation sites is 1. The molecule has 10 heteroatoms. The number of amides is 1. The quantitative estimate of drug-likeness (QED) is 0.176. The summed E-state index contributed by atoms with van der Waals surface area (Å²) in [7, 11) is 1.44. The van der Waals surface area contributed by atoms with Gasteiger partial charge >= 0.3 is 6.18 Å². The number of hydrogen-bond donors (Lipinski definition) is 0. The van der Waals surface area contributed by atoms with Crippen molar-refractivity contribution < 1.29 is 41.4 Å². The van der Waals surface area contributed by atoms with Gasteiger partial charge in [0.2, 0.25) is 5.78 Å². The van der Waals surface area contributed by atoms with E-state index in [-0.39, 0.29) is 36.6 Å². The van der Waals surface area contributed by atoms with Crippen LogP contribution in [-0.2, 0) is 20.5 Å². The van der Waals surface area contributed by atoms with Gasteiger partial charge in [0.05, 0.1) is 23.8 Å². The molecule has 182 valence electrons. The second-order valence-corrected chi connectivity index (χ2v) is 7.66. The van der Waals surface area contributed by atoms with Crippen molar-refractivity contribution in [1.82, 2.24) is 4.90 Å². The third-order valence-corrected chi connectivity index (χ3v) is 5.53. The van der Waals surface area contributed by atoms with Crippen LogP contribution in [-0.4, -0.2) is 49.2 Å². The van der Waals surface area contributed by atoms with Crippen molar-refractivity contribution >= 4 is 17.5 Å². The second-order valence-electron chi connectivity index (χ2n) is 7.66. The molecule has 2 unspecified atom stereocenters. The van der Waals surface area contributed by atoms with Crippen LogP contribution in [0.15, 0.2) is 42.5 Å². The predicted molar refractivity (Wildman–Crippen MR) is 113 cm³/mol. The molecular weight excluding hydrogens is 458 g/mol. The van der Waals surface area contributed by atoms with Gasteiger partial charge in [0.15, 0.2) is 5.78 Å². The van der Waals surface area contributed by atoms with Gasteiger partial charge in [0.1, 0.15) is 17.5 Å². The Morgan fingerprint density at radius 3 is 2.44 bits per heavy atom. The number of rotatable bonds is 9. The number of nitrogens with zero attached hydrogens (tertiary/aromatic N) is 1. The Hall–Kier alpha value is -3.27. The molecule has 0 aromatic heterocycles. The lowest BCUT2D eigenvalue weighted by Crippen LogP contribution is -2.32. The molecule has 1 aliphatic rings. The maximum absolute atomic E-state index is 14.4. The molecule has 2 atom stereocenters. The van der Waals surface area contributed by atoms with Crippen LogP contribution >= 0.6 is 0 Å². The lowest BCUT2D eigenvalue weighted by Gasteiger charge is -2.28. The molecule has 1 saturated heterocycles. The molecule has 2 aromatic carbocycles. The van der Waals surface area contributed by atoms with E-state index in [0.717, 1.165) is 11.0 Å². The van der Waals surface area contributed by atoms with Crippen molar-refractivity contribution in [2.75, 3.05) is 26.9 Å². The highest BCUT2D eigenvalue weighted by Gasteiger charge is 2.52. The molecule has 1 fully saturated rings. The fourth-order valence-corrected chi connectivity index (χ4v) is 4.04. The summed E-state index contributed by atoms with van der Waals surface area (Å²) in [5, 5.41) is 0. The maximum Gasteiger partial charge on any atom is 0.419 e. The molecule has 1 aliphatic heterocycles. The molecule has 2 aromatic rings. The molecular formula is C24H23F4NO5. The number of ether oxygens (including phenoxy) is 2. The van der Waals surface area contributed by atoms with E-state index < -0.39 is 47.0 Å². The van der Waals surface area contributed by atoms with Gasteiger partial charge in [-0.15, -0.1) is 0 Å². The van der Waals surface area contributed by atoms with Gasteiger partial charge in [0, 0.05) is 20.3 Å². The van der Waals surface area contributed by atoms with Gasteiger partial charge < -0.3 is 14.4 Å². The number of halogens is 4. The van der Waals surface area contributed by atoms with Crippen molar-refractivity contribution in [2.24, 2.45) is 5.92 Å². The van der Waals surface area contributed by atoms with Gasteiger partial charge in [-0.05, 0) is 43.2 Å². The zero-order chi connectivity index (χ0) is 25.0. The number of carbonyl (C=O) groups is 3. The Labute approximate surface area is 193 Å². The number of hydrogen-bond acceptors (Lipinski definition) is 5. The molecule has 0 aliphatic carbocycles. The molecule has 0 spiro atoms. The number of methoxy groups -OCH3 is 1. The third-order valence-electron chi connectivity index (χ3n) is 5.53. The van der Waals surface area contributed by atoms with Crippen LogP contribution in [0.1, 0.15) is 40.9 Å². The lowest BCUT2D eigenvalue weighted by molar-refractivity contribution is -0.141. The van der Waals surface area contributed by atoms with E-state index in [1.54, 1.807) is 19.1 Å². The van der Waals surface area contributed by atoms with Gasteiger partial charge in [-0.25, -0.2) is 4.39 Å². The summed E-state index contributed by atoms with van der Waals surface area (Å²) < 4.78 is 64.0. The monoisotopic (exact) mass is 481 g/mol. The molecule has 6 nitrogen and oxygen atoms in total. The standard InChI is InChI=1S/C24H23F4NO5/c1-3-34-18-8-5-4-7-15(18)21(30)19-20(29(11-6-12-33-2)23(32)22(19)31)14-9-10-16(17(25)13-14)24(26,27)28/h4-5,7-10,13,19-20H,3,6,11-12H2,1-2H3. The van der Waals surface area contributed by atoms with E-state index in [2.05, 4.69) is 0 Å².